The Bertz CT molecular complexity index is 584. The highest BCUT2D eigenvalue weighted by atomic mass is 16.5. The molecule has 1 aromatic heterocycles. The van der Waals surface area contributed by atoms with Crippen molar-refractivity contribution < 1.29 is 9.84 Å². The Balaban J connectivity index is 1.98. The van der Waals surface area contributed by atoms with Crippen molar-refractivity contribution in [2.45, 2.75) is 37.4 Å². The molecule has 3 rings (SSSR count). The first kappa shape index (κ1) is 12.6. The number of ether oxygens (including phenoxy) is 1. The molecule has 3 heteroatoms. The molecule has 0 amide bonds. The van der Waals surface area contributed by atoms with Crippen LogP contribution < -0.4 is 0 Å². The lowest BCUT2D eigenvalue weighted by Gasteiger charge is -2.36. The van der Waals surface area contributed by atoms with Gasteiger partial charge in [-0.15, -0.1) is 0 Å². The summed E-state index contributed by atoms with van der Waals surface area (Å²) in [6.45, 7) is 0. The second-order valence-electron chi connectivity index (χ2n) is 5.40. The Labute approximate surface area is 113 Å². The van der Waals surface area contributed by atoms with Crippen molar-refractivity contribution in [3.63, 3.8) is 0 Å². The standard InChI is InChI=1S/C16H19NO2/c1-19-14-5-2-8-16(18,11-14)13-7-6-12-4-3-9-17-15(12)10-13/h3-4,6-7,9-10,14,18H,2,5,8,11H2,1H3. The van der Waals surface area contributed by atoms with Crippen LogP contribution in [0, 0.1) is 0 Å². The molecule has 1 aromatic carbocycles. The largest absolute Gasteiger partial charge is 0.385 e. The van der Waals surface area contributed by atoms with Crippen molar-refractivity contribution in [3.05, 3.63) is 42.1 Å². The van der Waals surface area contributed by atoms with E-state index in [1.165, 1.54) is 0 Å². The van der Waals surface area contributed by atoms with E-state index in [-0.39, 0.29) is 6.10 Å². The van der Waals surface area contributed by atoms with Gasteiger partial charge in [0.05, 0.1) is 17.2 Å². The number of pyridine rings is 1. The molecule has 0 saturated heterocycles. The van der Waals surface area contributed by atoms with Crippen LogP contribution in [0.15, 0.2) is 36.5 Å². The van der Waals surface area contributed by atoms with Crippen LogP contribution in [-0.2, 0) is 10.3 Å². The summed E-state index contributed by atoms with van der Waals surface area (Å²) >= 11 is 0. The topological polar surface area (TPSA) is 42.4 Å². The Morgan fingerprint density at radius 3 is 3.11 bits per heavy atom. The molecule has 3 nitrogen and oxygen atoms in total. The normalized spacial score (nSPS) is 27.6. The number of hydrogen-bond acceptors (Lipinski definition) is 3. The molecule has 0 spiro atoms. The van der Waals surface area contributed by atoms with Crippen LogP contribution in [0.2, 0.25) is 0 Å². The monoisotopic (exact) mass is 257 g/mol. The second kappa shape index (κ2) is 4.91. The summed E-state index contributed by atoms with van der Waals surface area (Å²) in [5.74, 6) is 0. The zero-order valence-corrected chi connectivity index (χ0v) is 11.2. The van der Waals surface area contributed by atoms with Gasteiger partial charge < -0.3 is 9.84 Å². The zero-order valence-electron chi connectivity index (χ0n) is 11.2. The summed E-state index contributed by atoms with van der Waals surface area (Å²) in [7, 11) is 1.72. The first-order chi connectivity index (χ1) is 9.21. The number of rotatable bonds is 2. The third-order valence-corrected chi connectivity index (χ3v) is 4.16. The van der Waals surface area contributed by atoms with Gasteiger partial charge in [0.2, 0.25) is 0 Å². The molecule has 2 unspecified atom stereocenters. The number of fused-ring (bicyclic) bond motifs is 1. The average molecular weight is 257 g/mol. The van der Waals surface area contributed by atoms with Crippen LogP contribution in [0.3, 0.4) is 0 Å². The fourth-order valence-electron chi connectivity index (χ4n) is 3.02. The fraction of sp³-hybridized carbons (Fsp3) is 0.438. The van der Waals surface area contributed by atoms with Crippen LogP contribution >= 0.6 is 0 Å². The Morgan fingerprint density at radius 1 is 1.37 bits per heavy atom. The predicted molar refractivity (Wildman–Crippen MR) is 74.9 cm³/mol. The van der Waals surface area contributed by atoms with Crippen molar-refractivity contribution in [3.8, 4) is 0 Å². The van der Waals surface area contributed by atoms with E-state index in [1.807, 2.05) is 30.3 Å². The highest BCUT2D eigenvalue weighted by molar-refractivity contribution is 5.79. The second-order valence-corrected chi connectivity index (χ2v) is 5.40. The number of methoxy groups -OCH3 is 1. The van der Waals surface area contributed by atoms with Gasteiger partial charge in [-0.1, -0.05) is 18.2 Å². The number of benzene rings is 1. The molecular weight excluding hydrogens is 238 g/mol. The van der Waals surface area contributed by atoms with E-state index in [2.05, 4.69) is 4.98 Å². The molecule has 1 fully saturated rings. The lowest BCUT2D eigenvalue weighted by atomic mass is 9.78. The third-order valence-electron chi connectivity index (χ3n) is 4.16. The molecule has 1 aliphatic rings. The minimum atomic E-state index is -0.773. The van der Waals surface area contributed by atoms with Crippen LogP contribution in [0.25, 0.3) is 10.9 Å². The highest BCUT2D eigenvalue weighted by Crippen LogP contribution is 2.38. The molecule has 2 atom stereocenters. The van der Waals surface area contributed by atoms with Crippen LogP contribution in [0.5, 0.6) is 0 Å². The summed E-state index contributed by atoms with van der Waals surface area (Å²) in [4.78, 5) is 4.36. The van der Waals surface area contributed by atoms with Gasteiger partial charge in [0.1, 0.15) is 0 Å². The van der Waals surface area contributed by atoms with Crippen LogP contribution in [-0.4, -0.2) is 23.3 Å². The van der Waals surface area contributed by atoms with Crippen LogP contribution in [0.1, 0.15) is 31.2 Å². The summed E-state index contributed by atoms with van der Waals surface area (Å²) < 4.78 is 5.42. The Hall–Kier alpha value is -1.45. The van der Waals surface area contributed by atoms with E-state index < -0.39 is 5.60 Å². The van der Waals surface area contributed by atoms with Gasteiger partial charge >= 0.3 is 0 Å². The van der Waals surface area contributed by atoms with E-state index in [0.717, 1.165) is 35.7 Å². The highest BCUT2D eigenvalue weighted by Gasteiger charge is 2.36. The molecule has 100 valence electrons. The van der Waals surface area contributed by atoms with E-state index in [4.69, 9.17) is 4.74 Å². The first-order valence-corrected chi connectivity index (χ1v) is 6.82. The van der Waals surface area contributed by atoms with E-state index >= 15 is 0 Å². The molecular formula is C16H19NO2. The van der Waals surface area contributed by atoms with E-state index in [9.17, 15) is 5.11 Å². The van der Waals surface area contributed by atoms with Crippen LogP contribution in [0.4, 0.5) is 0 Å². The lowest BCUT2D eigenvalue weighted by molar-refractivity contribution is -0.0631. The number of hydrogen-bond donors (Lipinski definition) is 1. The number of aliphatic hydroxyl groups is 1. The minimum absolute atomic E-state index is 0.151. The summed E-state index contributed by atoms with van der Waals surface area (Å²) in [5.41, 5.74) is 1.12. The maximum atomic E-state index is 10.9. The fourth-order valence-corrected chi connectivity index (χ4v) is 3.02. The summed E-state index contributed by atoms with van der Waals surface area (Å²) in [6.07, 6.45) is 5.43. The van der Waals surface area contributed by atoms with Gasteiger partial charge in [-0.25, -0.2) is 0 Å². The molecule has 1 saturated carbocycles. The SMILES string of the molecule is COC1CCCC(O)(c2ccc3cccnc3c2)C1. The molecule has 0 aliphatic heterocycles. The smallest absolute Gasteiger partial charge is 0.0922 e. The van der Waals surface area contributed by atoms with Crippen molar-refractivity contribution in [2.75, 3.05) is 7.11 Å². The molecule has 19 heavy (non-hydrogen) atoms. The van der Waals surface area contributed by atoms with Gasteiger partial charge in [0.15, 0.2) is 0 Å². The van der Waals surface area contributed by atoms with Gasteiger partial charge in [-0.2, -0.15) is 0 Å². The van der Waals surface area contributed by atoms with Gasteiger partial charge in [0, 0.05) is 25.1 Å². The molecule has 0 radical (unpaired) electrons. The van der Waals surface area contributed by atoms with Crippen molar-refractivity contribution >= 4 is 10.9 Å². The zero-order chi connectivity index (χ0) is 13.3. The maximum Gasteiger partial charge on any atom is 0.0922 e. The molecule has 1 N–H and O–H groups in total. The van der Waals surface area contributed by atoms with Crippen molar-refractivity contribution in [2.24, 2.45) is 0 Å². The summed E-state index contributed by atoms with van der Waals surface area (Å²) in [6, 6.07) is 10.0. The molecule has 1 heterocycles. The quantitative estimate of drug-likeness (QED) is 0.899. The first-order valence-electron chi connectivity index (χ1n) is 6.82. The maximum absolute atomic E-state index is 10.9. The number of nitrogens with zero attached hydrogens (tertiary/aromatic N) is 1. The average Bonchev–Trinajstić information content (AvgIpc) is 2.46. The van der Waals surface area contributed by atoms with Crippen molar-refractivity contribution in [1.29, 1.82) is 0 Å². The van der Waals surface area contributed by atoms with Gasteiger partial charge in [0.25, 0.3) is 0 Å². The van der Waals surface area contributed by atoms with Gasteiger partial charge in [-0.3, -0.25) is 4.98 Å². The van der Waals surface area contributed by atoms with E-state index in [0.29, 0.717) is 6.42 Å². The van der Waals surface area contributed by atoms with Crippen molar-refractivity contribution in [1.82, 2.24) is 4.98 Å². The minimum Gasteiger partial charge on any atom is -0.385 e. The molecule has 0 bridgehead atoms. The summed E-state index contributed by atoms with van der Waals surface area (Å²) in [5, 5.41) is 12.0. The number of aromatic nitrogens is 1. The third kappa shape index (κ3) is 2.36. The molecule has 1 aliphatic carbocycles. The Kier molecular flexibility index (Phi) is 3.25. The van der Waals surface area contributed by atoms with E-state index in [1.54, 1.807) is 13.3 Å². The predicted octanol–water partition coefficient (Wildman–Crippen LogP) is 3.01. The Morgan fingerprint density at radius 2 is 2.26 bits per heavy atom. The van der Waals surface area contributed by atoms with Gasteiger partial charge in [-0.05, 0) is 37.0 Å². The molecule has 2 aromatic rings. The lowest BCUT2D eigenvalue weighted by Crippen LogP contribution is -2.35.